The minimum absolute atomic E-state index is 0.0423. The summed E-state index contributed by atoms with van der Waals surface area (Å²) in [6, 6.07) is 1.29. The zero-order valence-corrected chi connectivity index (χ0v) is 13.9. The maximum Gasteiger partial charge on any atom is 0.330 e. The van der Waals surface area contributed by atoms with E-state index in [1.54, 1.807) is 14.2 Å². The summed E-state index contributed by atoms with van der Waals surface area (Å²) in [6.45, 7) is 4.45. The van der Waals surface area contributed by atoms with Crippen LogP contribution in [-0.4, -0.2) is 56.8 Å². The third-order valence-electron chi connectivity index (χ3n) is 3.78. The van der Waals surface area contributed by atoms with E-state index < -0.39 is 25.1 Å². The first-order valence-corrected chi connectivity index (χ1v) is 8.51. The van der Waals surface area contributed by atoms with Crippen molar-refractivity contribution < 1.29 is 18.5 Å². The molecule has 0 radical (unpaired) electrons. The smallest absolute Gasteiger partial charge is 0.330 e. The lowest BCUT2D eigenvalue weighted by atomic mass is 10.0. The van der Waals surface area contributed by atoms with E-state index in [2.05, 4.69) is 4.98 Å². The minimum Gasteiger partial charge on any atom is -0.376 e. The topological polar surface area (TPSA) is 91.8 Å². The lowest BCUT2D eigenvalue weighted by Crippen LogP contribution is -2.36. The van der Waals surface area contributed by atoms with Crippen molar-refractivity contribution in [2.24, 2.45) is 5.92 Å². The van der Waals surface area contributed by atoms with Gasteiger partial charge in [0.1, 0.15) is 12.7 Å². The summed E-state index contributed by atoms with van der Waals surface area (Å²) in [5.41, 5.74) is -0.951. The van der Waals surface area contributed by atoms with Gasteiger partial charge >= 0.3 is 5.69 Å². The van der Waals surface area contributed by atoms with Crippen molar-refractivity contribution in [3.05, 3.63) is 33.1 Å². The molecule has 1 N–H and O–H groups in total. The molecule has 0 amide bonds. The van der Waals surface area contributed by atoms with E-state index in [1.807, 2.05) is 13.6 Å². The summed E-state index contributed by atoms with van der Waals surface area (Å²) in [5.74, 6) is 0.0423. The lowest BCUT2D eigenvalue weighted by Gasteiger charge is -2.23. The van der Waals surface area contributed by atoms with Crippen molar-refractivity contribution in [3.8, 4) is 0 Å². The van der Waals surface area contributed by atoms with Crippen molar-refractivity contribution in [3.63, 3.8) is 0 Å². The van der Waals surface area contributed by atoms with E-state index in [4.69, 9.17) is 18.5 Å². The van der Waals surface area contributed by atoms with Crippen LogP contribution in [0.15, 0.2) is 21.9 Å². The Kier molecular flexibility index (Phi) is 5.81. The number of H-pyrrole nitrogens is 1. The second-order valence-corrected chi connectivity index (χ2v) is 6.56. The van der Waals surface area contributed by atoms with Crippen LogP contribution in [0.25, 0.3) is 0 Å². The number of aromatic amines is 1. The number of ether oxygens (including phenoxy) is 2. The number of nitrogens with zero attached hydrogens (tertiary/aromatic N) is 1. The first kappa shape index (κ1) is 18.4. The second-order valence-electron chi connectivity index (χ2n) is 5.06. The van der Waals surface area contributed by atoms with Gasteiger partial charge in [-0.1, -0.05) is 6.92 Å². The summed E-state index contributed by atoms with van der Waals surface area (Å²) >= 11 is 0. The molecule has 1 aromatic rings. The second kappa shape index (κ2) is 7.28. The SMILES string of the molecule is [BH3-][P+](C)(OC)OC[C@H]1O[C@@H](n2ccc(=O)[nH]c2=O)C(OC)[C@H]1C. The van der Waals surface area contributed by atoms with E-state index in [0.717, 1.165) is 0 Å². The van der Waals surface area contributed by atoms with Crippen LogP contribution in [-0.2, 0) is 18.5 Å². The van der Waals surface area contributed by atoms with Crippen molar-refractivity contribution in [1.82, 2.24) is 9.55 Å². The van der Waals surface area contributed by atoms with E-state index in [-0.39, 0.29) is 25.7 Å². The zero-order valence-electron chi connectivity index (χ0n) is 13.0. The lowest BCUT2D eigenvalue weighted by molar-refractivity contribution is -0.0604. The van der Waals surface area contributed by atoms with Crippen LogP contribution < -0.4 is 11.2 Å². The summed E-state index contributed by atoms with van der Waals surface area (Å²) in [7, 11) is 1.58. The monoisotopic (exact) mass is 346 g/mol. The van der Waals surface area contributed by atoms with Crippen LogP contribution in [0, 0.1) is 5.92 Å². The summed E-state index contributed by atoms with van der Waals surface area (Å²) < 4.78 is 24.3. The fourth-order valence-electron chi connectivity index (χ4n) is 2.46. The van der Waals surface area contributed by atoms with Crippen LogP contribution in [0.1, 0.15) is 13.2 Å². The molecule has 1 aliphatic rings. The maximum absolute atomic E-state index is 12.0. The average molecular weight is 346 g/mol. The van der Waals surface area contributed by atoms with E-state index in [0.29, 0.717) is 6.61 Å². The normalized spacial score (nSPS) is 30.3. The van der Waals surface area contributed by atoms with Gasteiger partial charge in [0.15, 0.2) is 13.8 Å². The summed E-state index contributed by atoms with van der Waals surface area (Å²) in [6.07, 6.45) is 0.335. The number of rotatable bonds is 6. The number of hydrogen-bond acceptors (Lipinski definition) is 6. The van der Waals surface area contributed by atoms with E-state index >= 15 is 0 Å². The van der Waals surface area contributed by atoms with Gasteiger partial charge in [-0.15, -0.1) is 0 Å². The van der Waals surface area contributed by atoms with Crippen LogP contribution >= 0.6 is 7.59 Å². The Morgan fingerprint density at radius 1 is 1.43 bits per heavy atom. The van der Waals surface area contributed by atoms with Gasteiger partial charge in [0.25, 0.3) is 5.56 Å². The molecule has 2 rings (SSSR count). The molecule has 0 bridgehead atoms. The van der Waals surface area contributed by atoms with Gasteiger partial charge < -0.3 is 9.47 Å². The van der Waals surface area contributed by atoms with Crippen molar-refractivity contribution >= 4 is 15.2 Å². The molecule has 1 fully saturated rings. The average Bonchev–Trinajstić information content (AvgIpc) is 2.81. The largest absolute Gasteiger partial charge is 0.376 e. The van der Waals surface area contributed by atoms with E-state index in [1.165, 1.54) is 16.8 Å². The third kappa shape index (κ3) is 4.11. The Labute approximate surface area is 136 Å². The third-order valence-corrected chi connectivity index (χ3v) is 4.80. The molecule has 0 aromatic carbocycles. The van der Waals surface area contributed by atoms with Crippen LogP contribution in [0.2, 0.25) is 0 Å². The molecule has 0 saturated carbocycles. The quantitative estimate of drug-likeness (QED) is 0.552. The molecule has 1 saturated heterocycles. The molecule has 1 aliphatic heterocycles. The molecule has 10 heteroatoms. The Balaban J connectivity index is 2.18. The zero-order chi connectivity index (χ0) is 17.2. The minimum atomic E-state index is -1.63. The molecule has 2 unspecified atom stereocenters. The number of hydrogen-bond donors (Lipinski definition) is 1. The number of methoxy groups -OCH3 is 1. The molecular formula is C13H24BN2O6P. The Hall–Kier alpha value is -0.985. The predicted molar refractivity (Wildman–Crippen MR) is 90.9 cm³/mol. The van der Waals surface area contributed by atoms with Gasteiger partial charge in [-0.25, -0.2) is 4.79 Å². The molecule has 2 heterocycles. The van der Waals surface area contributed by atoms with Gasteiger partial charge in [0.05, 0.1) is 27.5 Å². The predicted octanol–water partition coefficient (Wildman–Crippen LogP) is -0.494. The van der Waals surface area contributed by atoms with Gasteiger partial charge in [0, 0.05) is 25.3 Å². The number of nitrogens with one attached hydrogen (secondary N) is 1. The highest BCUT2D eigenvalue weighted by molar-refractivity contribution is 7.89. The summed E-state index contributed by atoms with van der Waals surface area (Å²) in [4.78, 5) is 25.5. The van der Waals surface area contributed by atoms with Gasteiger partial charge in [0.2, 0.25) is 0 Å². The van der Waals surface area contributed by atoms with Crippen molar-refractivity contribution in [1.29, 1.82) is 0 Å². The van der Waals surface area contributed by atoms with Gasteiger partial charge in [-0.05, 0) is 0 Å². The molecular weight excluding hydrogens is 322 g/mol. The molecule has 8 nitrogen and oxygen atoms in total. The highest BCUT2D eigenvalue weighted by atomic mass is 31.2. The maximum atomic E-state index is 12.0. The highest BCUT2D eigenvalue weighted by Gasteiger charge is 2.44. The molecule has 1 aromatic heterocycles. The van der Waals surface area contributed by atoms with Crippen LogP contribution in [0.3, 0.4) is 0 Å². The van der Waals surface area contributed by atoms with E-state index in [9.17, 15) is 9.59 Å². The fraction of sp³-hybridized carbons (Fsp3) is 0.692. The standard InChI is InChI=1S/C13H24BN2O6P/c1-8-9(7-21-23(4,14)20-3)22-12(11(8)19-2)16-6-5-10(17)15-13(16)18/h5-6,8-9,11-12H,7H2,1-4,14H3,(H,15,17,18)/t8-,9+,11?,12+,23?/m0/s1. The Morgan fingerprint density at radius 3 is 2.70 bits per heavy atom. The Bertz CT molecular complexity index is 648. The molecule has 23 heavy (non-hydrogen) atoms. The fourth-order valence-corrected chi connectivity index (χ4v) is 2.92. The molecule has 0 aliphatic carbocycles. The van der Waals surface area contributed by atoms with Crippen LogP contribution in [0.4, 0.5) is 0 Å². The molecule has 130 valence electrons. The number of aromatic nitrogens is 2. The van der Waals surface area contributed by atoms with Crippen LogP contribution in [0.5, 0.6) is 0 Å². The molecule has 0 spiro atoms. The first-order chi connectivity index (χ1) is 10.8. The Morgan fingerprint density at radius 2 is 2.13 bits per heavy atom. The van der Waals surface area contributed by atoms with Gasteiger partial charge in [-0.2, -0.15) is 0 Å². The van der Waals surface area contributed by atoms with Crippen molar-refractivity contribution in [2.45, 2.75) is 25.4 Å². The first-order valence-electron chi connectivity index (χ1n) is 6.88. The highest BCUT2D eigenvalue weighted by Crippen LogP contribution is 2.52. The van der Waals surface area contributed by atoms with Crippen molar-refractivity contribution in [2.75, 3.05) is 27.5 Å². The summed E-state index contributed by atoms with van der Waals surface area (Å²) in [5, 5.41) is 0. The molecule has 5 atom stereocenters. The van der Waals surface area contributed by atoms with Gasteiger partial charge in [-0.3, -0.25) is 23.4 Å².